The van der Waals surface area contributed by atoms with E-state index in [4.69, 9.17) is 16.6 Å². The van der Waals surface area contributed by atoms with Gasteiger partial charge in [-0.25, -0.2) is 10.1 Å². The van der Waals surface area contributed by atoms with E-state index in [0.29, 0.717) is 0 Å². The Hall–Kier alpha value is -2.26. The highest BCUT2D eigenvalue weighted by atomic mass is 16.5. The quantitative estimate of drug-likeness (QED) is 0.427. The lowest BCUT2D eigenvalue weighted by Gasteiger charge is -2.05. The average molecular weight is 240 g/mol. The van der Waals surface area contributed by atoms with Crippen LogP contribution < -0.4 is 4.74 Å². The van der Waals surface area contributed by atoms with Crippen LogP contribution in [0.1, 0.15) is 31.7 Å². The molecule has 1 rings (SSSR count). The molecule has 92 valence electrons. The van der Waals surface area contributed by atoms with Gasteiger partial charge in [-0.1, -0.05) is 31.9 Å². The van der Waals surface area contributed by atoms with E-state index < -0.39 is 0 Å². The fraction of sp³-hybridized carbons (Fsp3) is 0.333. The second-order valence-corrected chi connectivity index (χ2v) is 3.88. The fourth-order valence-electron chi connectivity index (χ4n) is 1.45. The molecule has 18 heavy (non-hydrogen) atoms. The number of hydrogen-bond acceptors (Lipinski definition) is 2. The van der Waals surface area contributed by atoms with Gasteiger partial charge in [0, 0.05) is 0 Å². The van der Waals surface area contributed by atoms with Crippen molar-refractivity contribution in [3.8, 4) is 11.8 Å². The minimum Gasteiger partial charge on any atom is -0.494 e. The fourth-order valence-corrected chi connectivity index (χ4v) is 1.45. The minimum atomic E-state index is 0.0895. The van der Waals surface area contributed by atoms with Gasteiger partial charge in [0.2, 0.25) is 0 Å². The van der Waals surface area contributed by atoms with Crippen LogP contribution in [0.5, 0.6) is 5.75 Å². The smallest absolute Gasteiger partial charge is 0.262 e. The number of unbranched alkanes of at least 4 members (excludes halogenated alkanes) is 2. The Kier molecular flexibility index (Phi) is 6.08. The third-order valence-electron chi connectivity index (χ3n) is 2.44. The monoisotopic (exact) mass is 240 g/mol. The normalized spacial score (nSPS) is 10.5. The van der Waals surface area contributed by atoms with Crippen molar-refractivity contribution < 1.29 is 4.74 Å². The maximum absolute atomic E-state index is 8.65. The summed E-state index contributed by atoms with van der Waals surface area (Å²) in [6.07, 6.45) is 4.99. The lowest BCUT2D eigenvalue weighted by molar-refractivity contribution is 0.306. The van der Waals surface area contributed by atoms with E-state index in [9.17, 15) is 0 Å². The first kappa shape index (κ1) is 13.8. The number of nitrogens with zero attached hydrogens (tertiary/aromatic N) is 2. The number of hydrogen-bond donors (Lipinski definition) is 0. The third kappa shape index (κ3) is 4.72. The van der Waals surface area contributed by atoms with Gasteiger partial charge >= 0.3 is 0 Å². The molecule has 0 radical (unpaired) electrons. The Morgan fingerprint density at radius 2 is 2.11 bits per heavy atom. The Labute approximate surface area is 108 Å². The number of ether oxygens (including phenoxy) is 1. The summed E-state index contributed by atoms with van der Waals surface area (Å²) in [6.45, 7) is 9.68. The SMILES string of the molecule is [C-]#[N+]/C(C#N)=C/c1ccc(OCCCCC)cc1. The van der Waals surface area contributed by atoms with Crippen LogP contribution in [0.2, 0.25) is 0 Å². The van der Waals surface area contributed by atoms with Crippen LogP contribution in [-0.2, 0) is 0 Å². The number of allylic oxidation sites excluding steroid dienone is 1. The van der Waals surface area contributed by atoms with Crippen molar-refractivity contribution in [3.05, 3.63) is 46.9 Å². The molecule has 0 fully saturated rings. The first-order valence-electron chi connectivity index (χ1n) is 6.02. The number of nitriles is 1. The summed E-state index contributed by atoms with van der Waals surface area (Å²) < 4.78 is 5.57. The zero-order valence-electron chi connectivity index (χ0n) is 10.5. The van der Waals surface area contributed by atoms with E-state index in [2.05, 4.69) is 11.8 Å². The van der Waals surface area contributed by atoms with Gasteiger partial charge in [0.05, 0.1) is 19.2 Å². The molecular formula is C15H16N2O. The van der Waals surface area contributed by atoms with Crippen molar-refractivity contribution in [2.24, 2.45) is 0 Å². The Bertz CT molecular complexity index is 459. The molecule has 0 unspecified atom stereocenters. The molecular weight excluding hydrogens is 224 g/mol. The maximum Gasteiger partial charge on any atom is 0.262 e. The lowest BCUT2D eigenvalue weighted by Crippen LogP contribution is -1.96. The van der Waals surface area contributed by atoms with Gasteiger partial charge in [-0.2, -0.15) is 0 Å². The molecule has 0 saturated carbocycles. The first-order chi connectivity index (χ1) is 8.80. The number of rotatable bonds is 6. The van der Waals surface area contributed by atoms with Gasteiger partial charge < -0.3 is 4.74 Å². The van der Waals surface area contributed by atoms with Gasteiger partial charge in [0.15, 0.2) is 0 Å². The predicted molar refractivity (Wildman–Crippen MR) is 71.7 cm³/mol. The number of benzene rings is 1. The first-order valence-corrected chi connectivity index (χ1v) is 6.02. The standard InChI is InChI=1S/C15H16N2O/c1-3-4-5-10-18-15-8-6-13(7-9-15)11-14(12-16)17-2/h6-9,11H,3-5,10H2,1H3/b14-11+. The molecule has 0 N–H and O–H groups in total. The zero-order chi connectivity index (χ0) is 13.2. The van der Waals surface area contributed by atoms with Crippen molar-refractivity contribution in [2.75, 3.05) is 6.61 Å². The molecule has 0 aliphatic heterocycles. The summed E-state index contributed by atoms with van der Waals surface area (Å²) in [5, 5.41) is 8.65. The largest absolute Gasteiger partial charge is 0.494 e. The average Bonchev–Trinajstić information content (AvgIpc) is 2.42. The van der Waals surface area contributed by atoms with Crippen LogP contribution in [0.15, 0.2) is 30.0 Å². The molecule has 0 aliphatic carbocycles. The molecule has 3 nitrogen and oxygen atoms in total. The topological polar surface area (TPSA) is 37.4 Å². The highest BCUT2D eigenvalue weighted by Crippen LogP contribution is 2.15. The van der Waals surface area contributed by atoms with Crippen LogP contribution in [0.25, 0.3) is 10.9 Å². The highest BCUT2D eigenvalue weighted by molar-refractivity contribution is 5.59. The van der Waals surface area contributed by atoms with Crippen LogP contribution in [0.3, 0.4) is 0 Å². The van der Waals surface area contributed by atoms with Crippen molar-refractivity contribution in [1.82, 2.24) is 0 Å². The van der Waals surface area contributed by atoms with Gasteiger partial charge in [0.25, 0.3) is 5.70 Å². The molecule has 0 bridgehead atoms. The van der Waals surface area contributed by atoms with Crippen molar-refractivity contribution >= 4 is 6.08 Å². The van der Waals surface area contributed by atoms with Crippen LogP contribution in [-0.4, -0.2) is 6.61 Å². The zero-order valence-corrected chi connectivity index (χ0v) is 10.5. The molecule has 0 aliphatic rings. The van der Waals surface area contributed by atoms with E-state index in [1.807, 2.05) is 30.3 Å². The summed E-state index contributed by atoms with van der Waals surface area (Å²) >= 11 is 0. The lowest BCUT2D eigenvalue weighted by atomic mass is 10.2. The van der Waals surface area contributed by atoms with E-state index in [0.717, 1.165) is 24.3 Å². The molecule has 0 amide bonds. The molecule has 1 aromatic rings. The minimum absolute atomic E-state index is 0.0895. The highest BCUT2D eigenvalue weighted by Gasteiger charge is 1.96. The summed E-state index contributed by atoms with van der Waals surface area (Å²) in [7, 11) is 0. The second kappa shape index (κ2) is 7.92. The third-order valence-corrected chi connectivity index (χ3v) is 2.44. The molecule has 0 spiro atoms. The summed E-state index contributed by atoms with van der Waals surface area (Å²) in [6, 6.07) is 9.24. The van der Waals surface area contributed by atoms with E-state index in [1.54, 1.807) is 6.08 Å². The van der Waals surface area contributed by atoms with E-state index in [1.165, 1.54) is 12.8 Å². The summed E-state index contributed by atoms with van der Waals surface area (Å²) in [4.78, 5) is 3.11. The van der Waals surface area contributed by atoms with Crippen molar-refractivity contribution in [3.63, 3.8) is 0 Å². The summed E-state index contributed by atoms with van der Waals surface area (Å²) in [5.74, 6) is 0.824. The molecule has 0 aromatic heterocycles. The second-order valence-electron chi connectivity index (χ2n) is 3.88. The molecule has 0 heterocycles. The van der Waals surface area contributed by atoms with Crippen LogP contribution >= 0.6 is 0 Å². The maximum atomic E-state index is 8.65. The summed E-state index contributed by atoms with van der Waals surface area (Å²) in [5.41, 5.74) is 0.926. The van der Waals surface area contributed by atoms with E-state index >= 15 is 0 Å². The molecule has 3 heteroatoms. The van der Waals surface area contributed by atoms with Crippen molar-refractivity contribution in [1.29, 1.82) is 5.26 Å². The van der Waals surface area contributed by atoms with Crippen molar-refractivity contribution in [2.45, 2.75) is 26.2 Å². The Morgan fingerprint density at radius 1 is 1.39 bits per heavy atom. The van der Waals surface area contributed by atoms with Crippen LogP contribution in [0, 0.1) is 17.9 Å². The van der Waals surface area contributed by atoms with Gasteiger partial charge in [-0.15, -0.1) is 0 Å². The van der Waals surface area contributed by atoms with Gasteiger partial charge in [0.1, 0.15) is 5.75 Å². The van der Waals surface area contributed by atoms with Gasteiger partial charge in [-0.3, -0.25) is 0 Å². The molecule has 1 aromatic carbocycles. The molecule has 0 atom stereocenters. The predicted octanol–water partition coefficient (Wildman–Crippen LogP) is 4.04. The Morgan fingerprint density at radius 3 is 2.67 bits per heavy atom. The van der Waals surface area contributed by atoms with Crippen LogP contribution in [0.4, 0.5) is 0 Å². The van der Waals surface area contributed by atoms with Gasteiger partial charge in [-0.05, 0) is 30.2 Å². The molecule has 0 saturated heterocycles. The Balaban J connectivity index is 2.56. The van der Waals surface area contributed by atoms with E-state index in [-0.39, 0.29) is 5.70 Å².